The fraction of sp³-hybridized carbons (Fsp3) is 0.550. The van der Waals surface area contributed by atoms with Crippen LogP contribution in [0.4, 0.5) is 29.7 Å². The molecule has 7 rings (SSSR count). The monoisotopic (exact) mass is 748 g/mol. The quantitative estimate of drug-likeness (QED) is 0.196. The summed E-state index contributed by atoms with van der Waals surface area (Å²) in [7, 11) is 2.13. The van der Waals surface area contributed by atoms with E-state index in [9.17, 15) is 18.0 Å². The lowest BCUT2D eigenvalue weighted by atomic mass is 9.72. The van der Waals surface area contributed by atoms with Crippen molar-refractivity contribution in [1.29, 1.82) is 0 Å². The molecule has 3 saturated heterocycles. The minimum atomic E-state index is -4.50. The number of likely N-dealkylation sites (tertiary alicyclic amines) is 1. The SMILES string of the molecule is C=Cc1cc2c(N3CCC4(CC3)CN(C(=O)OC(C)(C)C)C4)nc(N3CCN(C)C(CC)C3)nc2c(COCC(F)(F)F)c1-c1c(C)ccc2[nH]ncc12. The van der Waals surface area contributed by atoms with E-state index in [1.807, 2.05) is 45.9 Å². The summed E-state index contributed by atoms with van der Waals surface area (Å²) in [5, 5.41) is 8.91. The number of halogens is 3. The second-order valence-electron chi connectivity index (χ2n) is 16.3. The van der Waals surface area contributed by atoms with Crippen molar-refractivity contribution in [2.24, 2.45) is 5.41 Å². The highest BCUT2D eigenvalue weighted by Gasteiger charge is 2.48. The Bertz CT molecular complexity index is 2040. The molecular formula is C40H51F3N8O3. The summed E-state index contributed by atoms with van der Waals surface area (Å²) < 4.78 is 51.9. The third-order valence-corrected chi connectivity index (χ3v) is 11.3. The molecule has 3 fully saturated rings. The van der Waals surface area contributed by atoms with Gasteiger partial charge in [0.1, 0.15) is 18.0 Å². The molecule has 0 saturated carbocycles. The molecule has 1 spiro atoms. The number of nitrogens with one attached hydrogen (secondary N) is 1. The standard InChI is InChI=1S/C40H51F3N8O3/c1-8-26-18-28-34(30(21-53-24-40(41,42)43)33(26)32-25(3)10-11-31-29(32)19-44-47-31)45-36(50-17-16-48(7)27(9-2)20-50)46-35(28)49-14-12-39(13-15-49)22-51(23-39)37(52)54-38(4,5)6/h8,10-11,18-19,27H,1,9,12-17,20-24H2,2-7H3,(H,44,47). The molecular weight excluding hydrogens is 697 g/mol. The second-order valence-corrected chi connectivity index (χ2v) is 16.3. The fourth-order valence-electron chi connectivity index (χ4n) is 8.33. The number of hydrogen-bond donors (Lipinski definition) is 1. The summed E-state index contributed by atoms with van der Waals surface area (Å²) in [5.41, 5.74) is 4.61. The number of amides is 1. The van der Waals surface area contributed by atoms with Gasteiger partial charge in [-0.05, 0) is 88.4 Å². The lowest BCUT2D eigenvalue weighted by molar-refractivity contribution is -0.176. The zero-order valence-corrected chi connectivity index (χ0v) is 32.1. The van der Waals surface area contributed by atoms with Crippen molar-refractivity contribution in [2.45, 2.75) is 78.3 Å². The van der Waals surface area contributed by atoms with Gasteiger partial charge in [-0.25, -0.2) is 9.78 Å². The molecule has 3 aliphatic rings. The highest BCUT2D eigenvalue weighted by atomic mass is 19.4. The van der Waals surface area contributed by atoms with Crippen LogP contribution < -0.4 is 9.80 Å². The number of benzene rings is 2. The minimum Gasteiger partial charge on any atom is -0.444 e. The maximum Gasteiger partial charge on any atom is 0.411 e. The Labute approximate surface area is 314 Å². The number of anilines is 2. The second kappa shape index (κ2) is 14.3. The first-order valence-corrected chi connectivity index (χ1v) is 18.8. The number of aromatic amines is 1. The molecule has 0 aliphatic carbocycles. The molecule has 54 heavy (non-hydrogen) atoms. The first-order valence-electron chi connectivity index (χ1n) is 18.8. The normalized spacial score (nSPS) is 19.5. The van der Waals surface area contributed by atoms with Crippen LogP contribution in [0.2, 0.25) is 0 Å². The number of ether oxygens (including phenoxy) is 2. The van der Waals surface area contributed by atoms with Crippen LogP contribution in [0, 0.1) is 12.3 Å². The van der Waals surface area contributed by atoms with E-state index in [2.05, 4.69) is 45.4 Å². The van der Waals surface area contributed by atoms with Gasteiger partial charge in [0.15, 0.2) is 0 Å². The van der Waals surface area contributed by atoms with E-state index in [4.69, 9.17) is 19.4 Å². The van der Waals surface area contributed by atoms with E-state index in [-0.39, 0.29) is 18.1 Å². The molecule has 1 atom stereocenters. The molecule has 0 radical (unpaired) electrons. The van der Waals surface area contributed by atoms with Gasteiger partial charge in [-0.2, -0.15) is 23.3 Å². The third-order valence-electron chi connectivity index (χ3n) is 11.3. The van der Waals surface area contributed by atoms with Crippen LogP contribution in [0.25, 0.3) is 39.0 Å². The van der Waals surface area contributed by atoms with E-state index in [0.29, 0.717) is 55.8 Å². The Balaban J connectivity index is 1.35. The molecule has 1 unspecified atom stereocenters. The Kier molecular flexibility index (Phi) is 10.1. The van der Waals surface area contributed by atoms with Crippen LogP contribution in [0.3, 0.4) is 0 Å². The van der Waals surface area contributed by atoms with E-state index in [1.165, 1.54) is 0 Å². The minimum absolute atomic E-state index is 0.00170. The number of carbonyl (C=O) groups excluding carboxylic acids is 1. The van der Waals surface area contributed by atoms with Crippen LogP contribution >= 0.6 is 0 Å². The Morgan fingerprint density at radius 1 is 1.06 bits per heavy atom. The van der Waals surface area contributed by atoms with Crippen LogP contribution in [-0.2, 0) is 16.1 Å². The number of rotatable bonds is 8. The molecule has 3 aliphatic heterocycles. The van der Waals surface area contributed by atoms with Crippen molar-refractivity contribution in [3.63, 3.8) is 0 Å². The number of H-pyrrole nitrogens is 1. The van der Waals surface area contributed by atoms with Crippen molar-refractivity contribution in [3.05, 3.63) is 47.7 Å². The van der Waals surface area contributed by atoms with Gasteiger partial charge < -0.3 is 24.2 Å². The summed E-state index contributed by atoms with van der Waals surface area (Å²) in [6.07, 6.45) is 1.37. The number of carbonyl (C=O) groups is 1. The van der Waals surface area contributed by atoms with Gasteiger partial charge in [0.05, 0.1) is 23.8 Å². The van der Waals surface area contributed by atoms with Gasteiger partial charge >= 0.3 is 12.3 Å². The summed E-state index contributed by atoms with van der Waals surface area (Å²) in [4.78, 5) is 31.9. The number of aromatic nitrogens is 4. The molecule has 290 valence electrons. The number of fused-ring (bicyclic) bond motifs is 2. The van der Waals surface area contributed by atoms with E-state index in [1.54, 1.807) is 17.2 Å². The summed E-state index contributed by atoms with van der Waals surface area (Å²) >= 11 is 0. The number of aryl methyl sites for hydroxylation is 1. The maximum absolute atomic E-state index is 13.6. The first kappa shape index (κ1) is 37.9. The van der Waals surface area contributed by atoms with Crippen LogP contribution in [0.15, 0.2) is 31.0 Å². The Morgan fingerprint density at radius 3 is 2.46 bits per heavy atom. The fourth-order valence-corrected chi connectivity index (χ4v) is 8.33. The number of alkyl halides is 3. The lowest BCUT2D eigenvalue weighted by Gasteiger charge is -2.53. The molecule has 1 amide bonds. The first-order chi connectivity index (χ1) is 25.6. The van der Waals surface area contributed by atoms with Crippen molar-refractivity contribution in [2.75, 3.05) is 69.3 Å². The number of nitrogens with zero attached hydrogens (tertiary/aromatic N) is 7. The van der Waals surface area contributed by atoms with Gasteiger partial charge in [0.25, 0.3) is 0 Å². The molecule has 5 heterocycles. The van der Waals surface area contributed by atoms with Crippen LogP contribution in [-0.4, -0.2) is 113 Å². The van der Waals surface area contributed by atoms with Crippen LogP contribution in [0.5, 0.6) is 0 Å². The van der Waals surface area contributed by atoms with E-state index < -0.39 is 18.4 Å². The van der Waals surface area contributed by atoms with Crippen molar-refractivity contribution < 1.29 is 27.4 Å². The largest absolute Gasteiger partial charge is 0.444 e. The van der Waals surface area contributed by atoms with Crippen molar-refractivity contribution in [1.82, 2.24) is 30.0 Å². The molecule has 14 heteroatoms. The zero-order valence-electron chi connectivity index (χ0n) is 32.1. The number of piperidine rings is 1. The molecule has 1 N–H and O–H groups in total. The zero-order chi connectivity index (χ0) is 38.6. The summed E-state index contributed by atoms with van der Waals surface area (Å²) in [5.74, 6) is 1.29. The van der Waals surface area contributed by atoms with Crippen molar-refractivity contribution in [3.8, 4) is 11.1 Å². The molecule has 2 aromatic carbocycles. The molecule has 11 nitrogen and oxygen atoms in total. The maximum atomic E-state index is 13.6. The lowest BCUT2D eigenvalue weighted by Crippen LogP contribution is -2.62. The Hall–Kier alpha value is -4.43. The van der Waals surface area contributed by atoms with Gasteiger partial charge in [0.2, 0.25) is 5.95 Å². The highest BCUT2D eigenvalue weighted by Crippen LogP contribution is 2.45. The van der Waals surface area contributed by atoms with Crippen molar-refractivity contribution >= 4 is 45.7 Å². The van der Waals surface area contributed by atoms with Gasteiger partial charge in [0, 0.05) is 73.6 Å². The smallest absolute Gasteiger partial charge is 0.411 e. The van der Waals surface area contributed by atoms with Gasteiger partial charge in [-0.1, -0.05) is 25.6 Å². The third kappa shape index (κ3) is 7.46. The average Bonchev–Trinajstić information content (AvgIpc) is 3.58. The topological polar surface area (TPSA) is 103 Å². The molecule has 4 aromatic rings. The molecule has 2 aromatic heterocycles. The average molecular weight is 749 g/mol. The van der Waals surface area contributed by atoms with Gasteiger partial charge in [-0.3, -0.25) is 10.00 Å². The Morgan fingerprint density at radius 2 is 1.80 bits per heavy atom. The predicted molar refractivity (Wildman–Crippen MR) is 206 cm³/mol. The van der Waals surface area contributed by atoms with Gasteiger partial charge in [-0.15, -0.1) is 0 Å². The van der Waals surface area contributed by atoms with E-state index >= 15 is 0 Å². The van der Waals surface area contributed by atoms with E-state index in [0.717, 1.165) is 76.7 Å². The molecule has 0 bridgehead atoms. The summed E-state index contributed by atoms with van der Waals surface area (Å²) in [6.45, 7) is 17.2. The highest BCUT2D eigenvalue weighted by molar-refractivity contribution is 6.05. The summed E-state index contributed by atoms with van der Waals surface area (Å²) in [6, 6.07) is 6.26. The van der Waals surface area contributed by atoms with Crippen LogP contribution in [0.1, 0.15) is 63.6 Å². The number of piperazine rings is 1. The predicted octanol–water partition coefficient (Wildman–Crippen LogP) is 7.57. The number of likely N-dealkylation sites (N-methyl/N-ethyl adjacent to an activating group) is 1. The number of hydrogen-bond acceptors (Lipinski definition) is 9.